The molecule has 8 heteroatoms. The fourth-order valence-electron chi connectivity index (χ4n) is 3.21. The first-order valence-corrected chi connectivity index (χ1v) is 8.60. The molecule has 2 aromatic rings. The van der Waals surface area contributed by atoms with Crippen LogP contribution < -0.4 is 4.74 Å². The molecule has 0 fully saturated rings. The van der Waals surface area contributed by atoms with Gasteiger partial charge in [-0.05, 0) is 36.8 Å². The molecule has 0 saturated heterocycles. The predicted octanol–water partition coefficient (Wildman–Crippen LogP) is 2.53. The van der Waals surface area contributed by atoms with E-state index in [1.807, 2.05) is 0 Å². The standard InChI is InChI=1S/C20H21NO7/c1-11-4-7-14(28-11)18(23)16-17(12-5-6-13(22)15(10-12)27-3)21(8-9-26-2)20(25)19(16)24/h4-7,10,17,22,24H,8-9H2,1-3H3/t17-/m0/s1. The number of aryl methyl sites for hydroxylation is 1. The van der Waals surface area contributed by atoms with E-state index in [1.165, 1.54) is 37.3 Å². The lowest BCUT2D eigenvalue weighted by Crippen LogP contribution is -2.34. The topological polar surface area (TPSA) is 109 Å². The lowest BCUT2D eigenvalue weighted by Gasteiger charge is -2.26. The Hall–Kier alpha value is -3.26. The quantitative estimate of drug-likeness (QED) is 0.703. The molecule has 0 spiro atoms. The highest BCUT2D eigenvalue weighted by Gasteiger charge is 2.44. The summed E-state index contributed by atoms with van der Waals surface area (Å²) in [4.78, 5) is 27.0. The van der Waals surface area contributed by atoms with E-state index in [-0.39, 0.29) is 36.0 Å². The normalized spacial score (nSPS) is 16.8. The predicted molar refractivity (Wildman–Crippen MR) is 98.4 cm³/mol. The van der Waals surface area contributed by atoms with Gasteiger partial charge in [-0.25, -0.2) is 0 Å². The maximum atomic E-state index is 13.0. The number of aliphatic hydroxyl groups excluding tert-OH is 1. The Kier molecular flexibility index (Phi) is 5.41. The third kappa shape index (κ3) is 3.34. The molecule has 1 amide bonds. The molecule has 3 rings (SSSR count). The lowest BCUT2D eigenvalue weighted by atomic mass is 9.94. The molecule has 0 unspecified atom stereocenters. The number of benzene rings is 1. The summed E-state index contributed by atoms with van der Waals surface area (Å²) < 4.78 is 15.6. The molecule has 1 aliphatic rings. The molecule has 1 atom stereocenters. The van der Waals surface area contributed by atoms with Crippen LogP contribution in [0, 0.1) is 6.92 Å². The Labute approximate surface area is 161 Å². The van der Waals surface area contributed by atoms with Crippen LogP contribution in [0.5, 0.6) is 11.5 Å². The number of ether oxygens (including phenoxy) is 2. The molecule has 1 aromatic heterocycles. The molecule has 1 aromatic carbocycles. The summed E-state index contributed by atoms with van der Waals surface area (Å²) in [6, 6.07) is 6.73. The van der Waals surface area contributed by atoms with Crippen LogP contribution >= 0.6 is 0 Å². The van der Waals surface area contributed by atoms with E-state index in [4.69, 9.17) is 13.9 Å². The molecule has 0 aliphatic carbocycles. The number of Topliss-reactive ketones (excluding diaryl/α,β-unsaturated/α-hetero) is 1. The number of phenols is 1. The number of ketones is 1. The van der Waals surface area contributed by atoms with E-state index < -0.39 is 23.5 Å². The number of furan rings is 1. The van der Waals surface area contributed by atoms with Crippen molar-refractivity contribution in [1.29, 1.82) is 0 Å². The van der Waals surface area contributed by atoms with Gasteiger partial charge in [-0.15, -0.1) is 0 Å². The molecule has 2 N–H and O–H groups in total. The smallest absolute Gasteiger partial charge is 0.290 e. The number of hydrogen-bond donors (Lipinski definition) is 2. The van der Waals surface area contributed by atoms with E-state index in [9.17, 15) is 19.8 Å². The minimum Gasteiger partial charge on any atom is -0.504 e. The van der Waals surface area contributed by atoms with Gasteiger partial charge in [0.1, 0.15) is 5.76 Å². The highest BCUT2D eigenvalue weighted by atomic mass is 16.5. The largest absolute Gasteiger partial charge is 0.504 e. The number of aliphatic hydroxyl groups is 1. The Morgan fingerprint density at radius 1 is 1.21 bits per heavy atom. The number of carbonyl (C=O) groups is 2. The van der Waals surface area contributed by atoms with Gasteiger partial charge in [0.15, 0.2) is 23.0 Å². The third-order valence-electron chi connectivity index (χ3n) is 4.57. The second kappa shape index (κ2) is 7.77. The van der Waals surface area contributed by atoms with Crippen LogP contribution in [0.1, 0.15) is 27.9 Å². The van der Waals surface area contributed by atoms with Gasteiger partial charge in [0.2, 0.25) is 5.78 Å². The number of carbonyl (C=O) groups excluding carboxylic acids is 2. The molecular weight excluding hydrogens is 366 g/mol. The Morgan fingerprint density at radius 3 is 2.57 bits per heavy atom. The molecule has 0 radical (unpaired) electrons. The van der Waals surface area contributed by atoms with Crippen LogP contribution in [-0.4, -0.2) is 54.2 Å². The lowest BCUT2D eigenvalue weighted by molar-refractivity contribution is -0.130. The van der Waals surface area contributed by atoms with Gasteiger partial charge in [0.05, 0.1) is 25.3 Å². The van der Waals surface area contributed by atoms with Crippen LogP contribution in [0.3, 0.4) is 0 Å². The first-order valence-electron chi connectivity index (χ1n) is 8.60. The Morgan fingerprint density at radius 2 is 1.96 bits per heavy atom. The van der Waals surface area contributed by atoms with E-state index in [0.29, 0.717) is 11.3 Å². The van der Waals surface area contributed by atoms with Gasteiger partial charge in [0, 0.05) is 13.7 Å². The van der Waals surface area contributed by atoms with E-state index >= 15 is 0 Å². The first kappa shape index (κ1) is 19.5. The van der Waals surface area contributed by atoms with Crippen LogP contribution in [0.2, 0.25) is 0 Å². The van der Waals surface area contributed by atoms with Crippen molar-refractivity contribution in [3.05, 3.63) is 58.7 Å². The molecule has 28 heavy (non-hydrogen) atoms. The van der Waals surface area contributed by atoms with E-state index in [1.54, 1.807) is 19.1 Å². The summed E-state index contributed by atoms with van der Waals surface area (Å²) in [5, 5.41) is 20.4. The fourth-order valence-corrected chi connectivity index (χ4v) is 3.21. The monoisotopic (exact) mass is 387 g/mol. The Bertz CT molecular complexity index is 944. The average Bonchev–Trinajstić information content (AvgIpc) is 3.22. The molecule has 8 nitrogen and oxygen atoms in total. The summed E-state index contributed by atoms with van der Waals surface area (Å²) in [7, 11) is 2.89. The zero-order chi connectivity index (χ0) is 20.4. The van der Waals surface area contributed by atoms with Crippen molar-refractivity contribution in [2.45, 2.75) is 13.0 Å². The SMILES string of the molecule is COCCN1C(=O)C(O)=C(C(=O)c2ccc(C)o2)[C@@H]1c1ccc(O)c(OC)c1. The average molecular weight is 387 g/mol. The summed E-state index contributed by atoms with van der Waals surface area (Å²) >= 11 is 0. The zero-order valence-electron chi connectivity index (χ0n) is 15.8. The van der Waals surface area contributed by atoms with Crippen molar-refractivity contribution in [2.24, 2.45) is 0 Å². The highest BCUT2D eigenvalue weighted by molar-refractivity contribution is 6.15. The van der Waals surface area contributed by atoms with Gasteiger partial charge in [0.25, 0.3) is 5.91 Å². The van der Waals surface area contributed by atoms with Crippen molar-refractivity contribution in [3.63, 3.8) is 0 Å². The summed E-state index contributed by atoms with van der Waals surface area (Å²) in [6.45, 7) is 2.06. The maximum absolute atomic E-state index is 13.0. The second-order valence-corrected chi connectivity index (χ2v) is 6.33. The minimum atomic E-state index is -0.880. The molecule has 0 saturated carbocycles. The van der Waals surface area contributed by atoms with Crippen LogP contribution in [0.15, 0.2) is 46.1 Å². The third-order valence-corrected chi connectivity index (χ3v) is 4.57. The van der Waals surface area contributed by atoms with Crippen LogP contribution in [-0.2, 0) is 9.53 Å². The number of aromatic hydroxyl groups is 1. The van der Waals surface area contributed by atoms with Crippen LogP contribution in [0.25, 0.3) is 0 Å². The minimum absolute atomic E-state index is 0.0242. The Balaban J connectivity index is 2.11. The highest BCUT2D eigenvalue weighted by Crippen LogP contribution is 2.41. The van der Waals surface area contributed by atoms with Crippen molar-refractivity contribution in [2.75, 3.05) is 27.4 Å². The summed E-state index contributed by atoms with van der Waals surface area (Å²) in [6.07, 6.45) is 0. The summed E-state index contributed by atoms with van der Waals surface area (Å²) in [5.41, 5.74) is 0.401. The molecule has 0 bridgehead atoms. The summed E-state index contributed by atoms with van der Waals surface area (Å²) in [5.74, 6) is -1.24. The van der Waals surface area contributed by atoms with Gasteiger partial charge < -0.3 is 29.0 Å². The van der Waals surface area contributed by atoms with Crippen molar-refractivity contribution in [1.82, 2.24) is 4.90 Å². The van der Waals surface area contributed by atoms with Gasteiger partial charge in [-0.1, -0.05) is 6.07 Å². The van der Waals surface area contributed by atoms with Crippen molar-refractivity contribution >= 4 is 11.7 Å². The number of phenolic OH excluding ortho intramolecular Hbond substituents is 1. The number of nitrogens with zero attached hydrogens (tertiary/aromatic N) is 1. The number of hydrogen-bond acceptors (Lipinski definition) is 7. The van der Waals surface area contributed by atoms with Gasteiger partial charge >= 0.3 is 0 Å². The zero-order valence-corrected chi connectivity index (χ0v) is 15.8. The van der Waals surface area contributed by atoms with E-state index in [0.717, 1.165) is 0 Å². The number of methoxy groups -OCH3 is 2. The number of amides is 1. The van der Waals surface area contributed by atoms with Crippen molar-refractivity contribution < 1.29 is 33.7 Å². The second-order valence-electron chi connectivity index (χ2n) is 6.33. The van der Waals surface area contributed by atoms with Crippen LogP contribution in [0.4, 0.5) is 0 Å². The van der Waals surface area contributed by atoms with Crippen molar-refractivity contribution in [3.8, 4) is 11.5 Å². The fraction of sp³-hybridized carbons (Fsp3) is 0.300. The molecular formula is C20H21NO7. The van der Waals surface area contributed by atoms with Gasteiger partial charge in [-0.3, -0.25) is 9.59 Å². The maximum Gasteiger partial charge on any atom is 0.290 e. The first-order chi connectivity index (χ1) is 13.4. The molecule has 2 heterocycles. The van der Waals surface area contributed by atoms with E-state index in [2.05, 4.69) is 0 Å². The molecule has 148 valence electrons. The van der Waals surface area contributed by atoms with Gasteiger partial charge in [-0.2, -0.15) is 0 Å². The molecule has 1 aliphatic heterocycles. The number of rotatable bonds is 7.